The van der Waals surface area contributed by atoms with E-state index in [-0.39, 0.29) is 0 Å². The summed E-state index contributed by atoms with van der Waals surface area (Å²) < 4.78 is 7.33. The molecule has 2 aromatic heterocycles. The molecule has 0 aliphatic heterocycles. The van der Waals surface area contributed by atoms with E-state index in [0.717, 1.165) is 45.3 Å². The van der Waals surface area contributed by atoms with Gasteiger partial charge in [-0.25, -0.2) is 4.98 Å². The van der Waals surface area contributed by atoms with Crippen molar-refractivity contribution in [2.24, 2.45) is 0 Å². The maximum absolute atomic E-state index is 5.32. The molecule has 0 aliphatic carbocycles. The molecular weight excluding hydrogens is 336 g/mol. The third-order valence-electron chi connectivity index (χ3n) is 4.72. The van der Waals surface area contributed by atoms with Gasteiger partial charge in [-0.2, -0.15) is 0 Å². The number of aromatic nitrogens is 3. The normalized spacial score (nSPS) is 11.0. The van der Waals surface area contributed by atoms with Gasteiger partial charge >= 0.3 is 0 Å². The molecule has 0 amide bonds. The number of nitrogens with zero attached hydrogens (tertiary/aromatic N) is 3. The van der Waals surface area contributed by atoms with Crippen LogP contribution < -0.4 is 5.32 Å². The molecule has 27 heavy (non-hydrogen) atoms. The van der Waals surface area contributed by atoms with Crippen molar-refractivity contribution in [1.82, 2.24) is 14.7 Å². The van der Waals surface area contributed by atoms with Crippen molar-refractivity contribution in [3.05, 3.63) is 77.7 Å². The number of hydrogen-bond donors (Lipinski definition) is 1. The summed E-state index contributed by atoms with van der Waals surface area (Å²) in [6.45, 7) is 8.00. The minimum absolute atomic E-state index is 0.835. The Labute approximate surface area is 158 Å². The highest BCUT2D eigenvalue weighted by Gasteiger charge is 2.12. The standard InChI is InChI=1S/C22H22N4O/c1-14-5-6-18(22-16(3)25-27-17(22)4)11-21(14)24-19-7-9-20(10-8-19)26-12-15(2)23-13-26/h5-13,24H,1-4H3. The smallest absolute Gasteiger partial charge is 0.141 e. The second-order valence-electron chi connectivity index (χ2n) is 6.82. The van der Waals surface area contributed by atoms with Crippen LogP contribution in [0.3, 0.4) is 0 Å². The Hall–Kier alpha value is -3.34. The Morgan fingerprint density at radius 1 is 0.963 bits per heavy atom. The molecule has 0 aliphatic rings. The van der Waals surface area contributed by atoms with Gasteiger partial charge in [-0.05, 0) is 69.2 Å². The second-order valence-corrected chi connectivity index (χ2v) is 6.82. The van der Waals surface area contributed by atoms with Gasteiger partial charge in [0.25, 0.3) is 0 Å². The monoisotopic (exact) mass is 358 g/mol. The summed E-state index contributed by atoms with van der Waals surface area (Å²) in [6, 6.07) is 14.7. The fourth-order valence-electron chi connectivity index (χ4n) is 3.24. The lowest BCUT2D eigenvalue weighted by atomic mass is 10.0. The first-order valence-corrected chi connectivity index (χ1v) is 8.93. The Kier molecular flexibility index (Phi) is 4.28. The summed E-state index contributed by atoms with van der Waals surface area (Å²) in [5.74, 6) is 0.835. The quantitative estimate of drug-likeness (QED) is 0.523. The maximum atomic E-state index is 5.32. The largest absolute Gasteiger partial charge is 0.361 e. The molecule has 1 N–H and O–H groups in total. The van der Waals surface area contributed by atoms with E-state index in [4.69, 9.17) is 4.52 Å². The molecule has 0 unspecified atom stereocenters. The van der Waals surface area contributed by atoms with E-state index in [1.165, 1.54) is 5.56 Å². The molecule has 0 saturated heterocycles. The molecule has 0 saturated carbocycles. The van der Waals surface area contributed by atoms with Crippen LogP contribution in [0.1, 0.15) is 22.7 Å². The van der Waals surface area contributed by atoms with E-state index in [2.05, 4.69) is 64.8 Å². The summed E-state index contributed by atoms with van der Waals surface area (Å²) in [4.78, 5) is 4.28. The highest BCUT2D eigenvalue weighted by molar-refractivity contribution is 5.75. The fourth-order valence-corrected chi connectivity index (χ4v) is 3.24. The average molecular weight is 358 g/mol. The lowest BCUT2D eigenvalue weighted by molar-refractivity contribution is 0.393. The topological polar surface area (TPSA) is 55.9 Å². The molecule has 2 heterocycles. The molecule has 2 aromatic carbocycles. The SMILES string of the molecule is Cc1cn(-c2ccc(Nc3cc(-c4c(C)noc4C)ccc3C)cc2)cn1. The highest BCUT2D eigenvalue weighted by atomic mass is 16.5. The molecule has 0 fully saturated rings. The van der Waals surface area contributed by atoms with Crippen LogP contribution in [0.4, 0.5) is 11.4 Å². The molecule has 136 valence electrons. The summed E-state index contributed by atoms with van der Waals surface area (Å²) >= 11 is 0. The van der Waals surface area contributed by atoms with Gasteiger partial charge in [0.15, 0.2) is 0 Å². The maximum Gasteiger partial charge on any atom is 0.141 e. The van der Waals surface area contributed by atoms with Crippen molar-refractivity contribution in [2.75, 3.05) is 5.32 Å². The third kappa shape index (κ3) is 3.36. The zero-order valence-electron chi connectivity index (χ0n) is 15.9. The number of nitrogens with one attached hydrogen (secondary N) is 1. The van der Waals surface area contributed by atoms with Crippen molar-refractivity contribution in [2.45, 2.75) is 27.7 Å². The van der Waals surface area contributed by atoms with Gasteiger partial charge in [0, 0.05) is 28.8 Å². The van der Waals surface area contributed by atoms with E-state index in [1.54, 1.807) is 0 Å². The number of benzene rings is 2. The first-order valence-electron chi connectivity index (χ1n) is 8.93. The number of hydrogen-bond acceptors (Lipinski definition) is 4. The van der Waals surface area contributed by atoms with Crippen LogP contribution in [0, 0.1) is 27.7 Å². The number of rotatable bonds is 4. The van der Waals surface area contributed by atoms with Gasteiger partial charge in [0.1, 0.15) is 5.76 Å². The Balaban J connectivity index is 1.62. The Morgan fingerprint density at radius 3 is 2.37 bits per heavy atom. The summed E-state index contributed by atoms with van der Waals surface area (Å²) in [5.41, 5.74) is 8.44. The van der Waals surface area contributed by atoms with Crippen molar-refractivity contribution in [1.29, 1.82) is 0 Å². The second kappa shape index (κ2) is 6.76. The van der Waals surface area contributed by atoms with Crippen molar-refractivity contribution >= 4 is 11.4 Å². The van der Waals surface area contributed by atoms with E-state index >= 15 is 0 Å². The molecule has 4 aromatic rings. The number of anilines is 2. The zero-order chi connectivity index (χ0) is 19.0. The molecule has 0 atom stereocenters. The lowest BCUT2D eigenvalue weighted by Crippen LogP contribution is -1.95. The Morgan fingerprint density at radius 2 is 1.74 bits per heavy atom. The average Bonchev–Trinajstić information content (AvgIpc) is 3.23. The molecule has 0 bridgehead atoms. The van der Waals surface area contributed by atoms with Crippen LogP contribution in [-0.4, -0.2) is 14.7 Å². The summed E-state index contributed by atoms with van der Waals surface area (Å²) in [5, 5.41) is 7.59. The number of imidazole rings is 1. The van der Waals surface area contributed by atoms with Crippen LogP contribution in [0.15, 0.2) is 59.5 Å². The van der Waals surface area contributed by atoms with Crippen LogP contribution in [0.2, 0.25) is 0 Å². The van der Waals surface area contributed by atoms with Gasteiger partial charge in [-0.3, -0.25) is 0 Å². The minimum Gasteiger partial charge on any atom is -0.361 e. The number of aryl methyl sites for hydroxylation is 4. The van der Waals surface area contributed by atoms with Gasteiger partial charge in [0.2, 0.25) is 0 Å². The van der Waals surface area contributed by atoms with Crippen LogP contribution in [-0.2, 0) is 0 Å². The molecule has 4 rings (SSSR count). The fraction of sp³-hybridized carbons (Fsp3) is 0.182. The molecule has 5 heteroatoms. The summed E-state index contributed by atoms with van der Waals surface area (Å²) in [6.07, 6.45) is 3.84. The van der Waals surface area contributed by atoms with Crippen LogP contribution in [0.5, 0.6) is 0 Å². The molecular formula is C22H22N4O. The third-order valence-corrected chi connectivity index (χ3v) is 4.72. The van der Waals surface area contributed by atoms with E-state index in [1.807, 2.05) is 37.9 Å². The highest BCUT2D eigenvalue weighted by Crippen LogP contribution is 2.31. The van der Waals surface area contributed by atoms with Gasteiger partial charge in [0.05, 0.1) is 17.7 Å². The molecule has 0 radical (unpaired) electrons. The predicted octanol–water partition coefficient (Wildman–Crippen LogP) is 5.50. The van der Waals surface area contributed by atoms with E-state index in [0.29, 0.717) is 0 Å². The first-order chi connectivity index (χ1) is 13.0. The molecule has 5 nitrogen and oxygen atoms in total. The van der Waals surface area contributed by atoms with Crippen LogP contribution in [0.25, 0.3) is 16.8 Å². The van der Waals surface area contributed by atoms with Crippen LogP contribution >= 0.6 is 0 Å². The predicted molar refractivity (Wildman–Crippen MR) is 108 cm³/mol. The van der Waals surface area contributed by atoms with Gasteiger partial charge < -0.3 is 14.4 Å². The summed E-state index contributed by atoms with van der Waals surface area (Å²) in [7, 11) is 0. The van der Waals surface area contributed by atoms with E-state index < -0.39 is 0 Å². The van der Waals surface area contributed by atoms with Crippen molar-refractivity contribution in [3.8, 4) is 16.8 Å². The van der Waals surface area contributed by atoms with E-state index in [9.17, 15) is 0 Å². The van der Waals surface area contributed by atoms with Gasteiger partial charge in [-0.1, -0.05) is 17.3 Å². The molecule has 0 spiro atoms. The van der Waals surface area contributed by atoms with Crippen molar-refractivity contribution in [3.63, 3.8) is 0 Å². The van der Waals surface area contributed by atoms with Crippen molar-refractivity contribution < 1.29 is 4.52 Å². The lowest BCUT2D eigenvalue weighted by Gasteiger charge is -2.12. The van der Waals surface area contributed by atoms with Gasteiger partial charge in [-0.15, -0.1) is 0 Å². The zero-order valence-corrected chi connectivity index (χ0v) is 15.9. The minimum atomic E-state index is 0.835. The first kappa shape index (κ1) is 17.1. The Bertz CT molecular complexity index is 1070.